The number of aromatic nitrogens is 3. The van der Waals surface area contributed by atoms with E-state index in [-0.39, 0.29) is 6.61 Å². The van der Waals surface area contributed by atoms with Crippen LogP contribution in [0.1, 0.15) is 18.5 Å². The highest BCUT2D eigenvalue weighted by Gasteiger charge is 2.17. The Morgan fingerprint density at radius 1 is 1.26 bits per heavy atom. The van der Waals surface area contributed by atoms with Gasteiger partial charge in [0.15, 0.2) is 0 Å². The van der Waals surface area contributed by atoms with Crippen LogP contribution in [-0.4, -0.2) is 44.6 Å². The summed E-state index contributed by atoms with van der Waals surface area (Å²) >= 11 is 1.66. The first-order chi connectivity index (χ1) is 9.38. The Balaban J connectivity index is 1.78. The molecule has 0 saturated carbocycles. The maximum atomic E-state index is 9.39. The fourth-order valence-corrected chi connectivity index (χ4v) is 3.33. The molecule has 3 heterocycles. The van der Waals surface area contributed by atoms with Gasteiger partial charge in [-0.25, -0.2) is 4.68 Å². The maximum Gasteiger partial charge on any atom is 0.117 e. The monoisotopic (exact) mass is 278 g/mol. The number of rotatable bonds is 5. The molecule has 0 unspecified atom stereocenters. The summed E-state index contributed by atoms with van der Waals surface area (Å²) < 4.78 is 1.93. The zero-order chi connectivity index (χ0) is 13.1. The van der Waals surface area contributed by atoms with E-state index in [9.17, 15) is 5.11 Å². The lowest BCUT2D eigenvalue weighted by atomic mass is 10.3. The molecular formula is C13H18N4OS. The molecule has 0 spiro atoms. The van der Waals surface area contributed by atoms with Gasteiger partial charge in [-0.15, -0.1) is 16.4 Å². The van der Waals surface area contributed by atoms with E-state index in [0.29, 0.717) is 5.69 Å². The number of thiophene rings is 1. The molecule has 1 fully saturated rings. The maximum absolute atomic E-state index is 9.39. The third-order valence-electron chi connectivity index (χ3n) is 3.54. The van der Waals surface area contributed by atoms with E-state index in [1.165, 1.54) is 25.9 Å². The topological polar surface area (TPSA) is 54.2 Å². The second kappa shape index (κ2) is 5.81. The summed E-state index contributed by atoms with van der Waals surface area (Å²) in [6, 6.07) is 4.06. The Morgan fingerprint density at radius 3 is 2.79 bits per heavy atom. The highest BCUT2D eigenvalue weighted by molar-refractivity contribution is 7.13. The fraction of sp³-hybridized carbons (Fsp3) is 0.538. The molecule has 2 aromatic heterocycles. The normalized spacial score (nSPS) is 16.3. The minimum absolute atomic E-state index is 0.0586. The van der Waals surface area contributed by atoms with Crippen LogP contribution in [0, 0.1) is 0 Å². The van der Waals surface area contributed by atoms with Crippen molar-refractivity contribution in [3.63, 3.8) is 0 Å². The van der Waals surface area contributed by atoms with E-state index in [1.54, 1.807) is 11.3 Å². The molecule has 3 rings (SSSR count). The fourth-order valence-electron chi connectivity index (χ4n) is 2.54. The summed E-state index contributed by atoms with van der Waals surface area (Å²) in [7, 11) is 0. The molecule has 1 aliphatic rings. The minimum atomic E-state index is -0.0586. The summed E-state index contributed by atoms with van der Waals surface area (Å²) in [6.07, 6.45) is 2.61. The molecule has 5 nitrogen and oxygen atoms in total. The van der Waals surface area contributed by atoms with Crippen LogP contribution in [0.5, 0.6) is 0 Å². The Hall–Kier alpha value is -1.24. The van der Waals surface area contributed by atoms with Crippen molar-refractivity contribution in [3.05, 3.63) is 23.2 Å². The third kappa shape index (κ3) is 2.70. The van der Waals surface area contributed by atoms with Gasteiger partial charge in [0.2, 0.25) is 0 Å². The molecule has 1 aliphatic heterocycles. The van der Waals surface area contributed by atoms with Gasteiger partial charge in [-0.2, -0.15) is 0 Å². The molecule has 102 valence electrons. The van der Waals surface area contributed by atoms with E-state index >= 15 is 0 Å². The highest BCUT2D eigenvalue weighted by atomic mass is 32.1. The second-order valence-electron chi connectivity index (χ2n) is 4.79. The highest BCUT2D eigenvalue weighted by Crippen LogP contribution is 2.27. The van der Waals surface area contributed by atoms with E-state index < -0.39 is 0 Å². The molecule has 2 aromatic rings. The summed E-state index contributed by atoms with van der Waals surface area (Å²) in [5.74, 6) is 0. The molecule has 0 atom stereocenters. The molecule has 0 amide bonds. The molecule has 0 radical (unpaired) electrons. The van der Waals surface area contributed by atoms with Gasteiger partial charge in [0, 0.05) is 6.54 Å². The lowest BCUT2D eigenvalue weighted by Crippen LogP contribution is -2.24. The first-order valence-electron chi connectivity index (χ1n) is 6.68. The van der Waals surface area contributed by atoms with Crippen LogP contribution in [-0.2, 0) is 13.2 Å². The van der Waals surface area contributed by atoms with Crippen LogP contribution in [0.3, 0.4) is 0 Å². The van der Waals surface area contributed by atoms with Gasteiger partial charge in [-0.1, -0.05) is 11.3 Å². The summed E-state index contributed by atoms with van der Waals surface area (Å²) in [4.78, 5) is 3.58. The molecule has 0 aliphatic carbocycles. The van der Waals surface area contributed by atoms with Gasteiger partial charge in [-0.05, 0) is 37.4 Å². The third-order valence-corrected chi connectivity index (χ3v) is 4.41. The molecule has 1 saturated heterocycles. The number of hydrogen-bond acceptors (Lipinski definition) is 5. The molecular weight excluding hydrogens is 260 g/mol. The minimum Gasteiger partial charge on any atom is -0.390 e. The van der Waals surface area contributed by atoms with Crippen LogP contribution in [0.25, 0.3) is 10.6 Å². The summed E-state index contributed by atoms with van der Waals surface area (Å²) in [6.45, 7) is 4.16. The van der Waals surface area contributed by atoms with E-state index in [4.69, 9.17) is 0 Å². The average molecular weight is 278 g/mol. The van der Waals surface area contributed by atoms with Crippen LogP contribution in [0.15, 0.2) is 17.5 Å². The van der Waals surface area contributed by atoms with Crippen molar-refractivity contribution >= 4 is 11.3 Å². The SMILES string of the molecule is OCc1nnn(CCN2CCCC2)c1-c1cccs1. The largest absolute Gasteiger partial charge is 0.390 e. The molecule has 0 bridgehead atoms. The quantitative estimate of drug-likeness (QED) is 0.902. The standard InChI is InChI=1S/C13H18N4OS/c18-10-11-13(12-4-3-9-19-12)17(15-14-11)8-7-16-5-1-2-6-16/h3-4,9,18H,1-2,5-8,10H2. The van der Waals surface area contributed by atoms with Gasteiger partial charge in [0.25, 0.3) is 0 Å². The number of hydrogen-bond donors (Lipinski definition) is 1. The first kappa shape index (κ1) is 12.8. The Labute approximate surface area is 116 Å². The van der Waals surface area contributed by atoms with Gasteiger partial charge < -0.3 is 10.0 Å². The van der Waals surface area contributed by atoms with Crippen LogP contribution < -0.4 is 0 Å². The van der Waals surface area contributed by atoms with Gasteiger partial charge in [0.1, 0.15) is 11.4 Å². The number of aliphatic hydroxyl groups is 1. The average Bonchev–Trinajstić information content (AvgIpc) is 3.16. The zero-order valence-electron chi connectivity index (χ0n) is 10.8. The first-order valence-corrected chi connectivity index (χ1v) is 7.56. The van der Waals surface area contributed by atoms with Crippen LogP contribution in [0.4, 0.5) is 0 Å². The van der Waals surface area contributed by atoms with Gasteiger partial charge in [-0.3, -0.25) is 0 Å². The number of aliphatic hydroxyl groups excluding tert-OH is 1. The van der Waals surface area contributed by atoms with Crippen molar-refractivity contribution in [3.8, 4) is 10.6 Å². The van der Waals surface area contributed by atoms with Crippen molar-refractivity contribution in [2.45, 2.75) is 26.0 Å². The summed E-state index contributed by atoms with van der Waals surface area (Å²) in [5.41, 5.74) is 1.64. The van der Waals surface area contributed by atoms with Crippen molar-refractivity contribution in [1.82, 2.24) is 19.9 Å². The number of likely N-dealkylation sites (tertiary alicyclic amines) is 1. The lowest BCUT2D eigenvalue weighted by Gasteiger charge is -2.14. The Bertz CT molecular complexity index is 517. The van der Waals surface area contributed by atoms with Crippen molar-refractivity contribution in [1.29, 1.82) is 0 Å². The zero-order valence-corrected chi connectivity index (χ0v) is 11.6. The summed E-state index contributed by atoms with van der Waals surface area (Å²) in [5, 5.41) is 19.7. The van der Waals surface area contributed by atoms with E-state index in [2.05, 4.69) is 21.3 Å². The van der Waals surface area contributed by atoms with Gasteiger partial charge >= 0.3 is 0 Å². The van der Waals surface area contributed by atoms with Crippen LogP contribution in [0.2, 0.25) is 0 Å². The Morgan fingerprint density at radius 2 is 2.11 bits per heavy atom. The predicted molar refractivity (Wildman–Crippen MR) is 74.9 cm³/mol. The van der Waals surface area contributed by atoms with Gasteiger partial charge in [0.05, 0.1) is 18.0 Å². The Kier molecular flexibility index (Phi) is 3.91. The smallest absolute Gasteiger partial charge is 0.117 e. The molecule has 0 aromatic carbocycles. The number of nitrogens with zero attached hydrogens (tertiary/aromatic N) is 4. The predicted octanol–water partition coefficient (Wildman–Crippen LogP) is 1.59. The van der Waals surface area contributed by atoms with Crippen molar-refractivity contribution in [2.75, 3.05) is 19.6 Å². The van der Waals surface area contributed by atoms with Crippen LogP contribution >= 0.6 is 11.3 Å². The lowest BCUT2D eigenvalue weighted by molar-refractivity contribution is 0.277. The molecule has 19 heavy (non-hydrogen) atoms. The van der Waals surface area contributed by atoms with E-state index in [0.717, 1.165) is 23.7 Å². The molecule has 6 heteroatoms. The van der Waals surface area contributed by atoms with E-state index in [1.807, 2.05) is 16.1 Å². The van der Waals surface area contributed by atoms with Crippen molar-refractivity contribution in [2.24, 2.45) is 0 Å². The molecule has 1 N–H and O–H groups in total. The second-order valence-corrected chi connectivity index (χ2v) is 5.74. The van der Waals surface area contributed by atoms with Crippen molar-refractivity contribution < 1.29 is 5.11 Å².